The summed E-state index contributed by atoms with van der Waals surface area (Å²) in [5.74, 6) is 1.60. The summed E-state index contributed by atoms with van der Waals surface area (Å²) in [7, 11) is 3.65. The van der Waals surface area contributed by atoms with Gasteiger partial charge in [0.1, 0.15) is 5.76 Å². The van der Waals surface area contributed by atoms with Crippen LogP contribution in [0.1, 0.15) is 11.5 Å². The highest BCUT2D eigenvalue weighted by Gasteiger charge is 2.02. The van der Waals surface area contributed by atoms with Gasteiger partial charge in [0.25, 0.3) is 0 Å². The third kappa shape index (κ3) is 4.58. The number of aromatic nitrogens is 2. The van der Waals surface area contributed by atoms with Crippen molar-refractivity contribution in [3.8, 4) is 0 Å². The van der Waals surface area contributed by atoms with Gasteiger partial charge in [-0.25, -0.2) is 0 Å². The Bertz CT molecular complexity index is 506. The molecule has 0 atom stereocenters. The quantitative estimate of drug-likeness (QED) is 0.483. The Morgan fingerprint density at radius 1 is 1.37 bits per heavy atom. The third-order valence-electron chi connectivity index (χ3n) is 2.59. The Morgan fingerprint density at radius 3 is 2.74 bits per heavy atom. The van der Waals surface area contributed by atoms with Crippen LogP contribution in [-0.4, -0.2) is 22.8 Å². The first kappa shape index (κ1) is 15.5. The number of nitrogens with zero attached hydrogens (tertiary/aromatic N) is 3. The van der Waals surface area contributed by atoms with E-state index in [9.17, 15) is 0 Å². The van der Waals surface area contributed by atoms with Crippen molar-refractivity contribution in [1.29, 1.82) is 0 Å². The second-order valence-electron chi connectivity index (χ2n) is 3.80. The second-order valence-corrected chi connectivity index (χ2v) is 3.80. The lowest BCUT2D eigenvalue weighted by Gasteiger charge is -2.10. The van der Waals surface area contributed by atoms with E-state index in [0.29, 0.717) is 13.1 Å². The molecule has 7 heteroatoms. The number of halogens is 1. The Labute approximate surface area is 129 Å². The van der Waals surface area contributed by atoms with Crippen LogP contribution in [0.4, 0.5) is 0 Å². The minimum absolute atomic E-state index is 0. The smallest absolute Gasteiger partial charge is 0.191 e. The van der Waals surface area contributed by atoms with Crippen LogP contribution in [0, 0.1) is 0 Å². The molecule has 2 aromatic rings. The van der Waals surface area contributed by atoms with Crippen LogP contribution in [0.25, 0.3) is 0 Å². The molecule has 0 spiro atoms. The van der Waals surface area contributed by atoms with Crippen LogP contribution < -0.4 is 10.6 Å². The van der Waals surface area contributed by atoms with E-state index in [4.69, 9.17) is 4.42 Å². The molecular formula is C12H18IN5O. The van der Waals surface area contributed by atoms with E-state index in [1.165, 1.54) is 0 Å². The molecule has 0 saturated heterocycles. The predicted octanol–water partition coefficient (Wildman–Crippen LogP) is 1.50. The summed E-state index contributed by atoms with van der Waals surface area (Å²) in [5.41, 5.74) is 1.09. The lowest BCUT2D eigenvalue weighted by atomic mass is 10.4. The maximum atomic E-state index is 5.24. The number of rotatable bonds is 4. The van der Waals surface area contributed by atoms with Crippen molar-refractivity contribution in [1.82, 2.24) is 20.4 Å². The molecule has 0 aliphatic rings. The van der Waals surface area contributed by atoms with Gasteiger partial charge in [-0.2, -0.15) is 5.10 Å². The molecule has 6 nitrogen and oxygen atoms in total. The van der Waals surface area contributed by atoms with Gasteiger partial charge in [-0.15, -0.1) is 24.0 Å². The van der Waals surface area contributed by atoms with Gasteiger partial charge >= 0.3 is 0 Å². The number of furan rings is 1. The number of aliphatic imine (C=N–C) groups is 1. The Morgan fingerprint density at radius 2 is 2.16 bits per heavy atom. The zero-order chi connectivity index (χ0) is 12.8. The summed E-state index contributed by atoms with van der Waals surface area (Å²) >= 11 is 0. The Balaban J connectivity index is 0.00000180. The highest BCUT2D eigenvalue weighted by Crippen LogP contribution is 1.98. The number of guanidine groups is 1. The molecule has 19 heavy (non-hydrogen) atoms. The van der Waals surface area contributed by atoms with Gasteiger partial charge in [0, 0.05) is 20.3 Å². The van der Waals surface area contributed by atoms with Crippen LogP contribution >= 0.6 is 24.0 Å². The summed E-state index contributed by atoms with van der Waals surface area (Å²) in [6.45, 7) is 1.28. The molecule has 0 unspecified atom stereocenters. The number of aryl methyl sites for hydroxylation is 1. The van der Waals surface area contributed by atoms with Crippen molar-refractivity contribution >= 4 is 29.9 Å². The fraction of sp³-hybridized carbons (Fsp3) is 0.333. The van der Waals surface area contributed by atoms with Crippen molar-refractivity contribution in [3.05, 3.63) is 42.1 Å². The molecule has 0 aromatic carbocycles. The van der Waals surface area contributed by atoms with Crippen LogP contribution in [0.15, 0.2) is 40.1 Å². The molecule has 2 N–H and O–H groups in total. The first-order valence-electron chi connectivity index (χ1n) is 5.73. The monoisotopic (exact) mass is 375 g/mol. The largest absolute Gasteiger partial charge is 0.467 e. The first-order valence-corrected chi connectivity index (χ1v) is 5.73. The number of hydrogen-bond acceptors (Lipinski definition) is 3. The molecule has 2 rings (SSSR count). The lowest BCUT2D eigenvalue weighted by Crippen LogP contribution is -2.36. The van der Waals surface area contributed by atoms with E-state index in [2.05, 4.69) is 20.7 Å². The van der Waals surface area contributed by atoms with Gasteiger partial charge in [0.15, 0.2) is 5.96 Å². The minimum atomic E-state index is 0. The summed E-state index contributed by atoms with van der Waals surface area (Å²) < 4.78 is 7.06. The van der Waals surface area contributed by atoms with Crippen LogP contribution in [0.5, 0.6) is 0 Å². The topological polar surface area (TPSA) is 67.4 Å². The SMILES string of the molecule is CN=C(NCc1ccco1)NCc1ccnn1C.I. The van der Waals surface area contributed by atoms with E-state index in [-0.39, 0.29) is 24.0 Å². The predicted molar refractivity (Wildman–Crippen MR) is 84.4 cm³/mol. The van der Waals surface area contributed by atoms with E-state index in [1.54, 1.807) is 19.5 Å². The van der Waals surface area contributed by atoms with E-state index < -0.39 is 0 Å². The zero-order valence-electron chi connectivity index (χ0n) is 11.0. The average molecular weight is 375 g/mol. The zero-order valence-corrected chi connectivity index (χ0v) is 13.3. The molecule has 0 amide bonds. The number of nitrogens with one attached hydrogen (secondary N) is 2. The van der Waals surface area contributed by atoms with Crippen LogP contribution in [-0.2, 0) is 20.1 Å². The van der Waals surface area contributed by atoms with Gasteiger partial charge < -0.3 is 15.1 Å². The average Bonchev–Trinajstić information content (AvgIpc) is 3.01. The first-order chi connectivity index (χ1) is 8.79. The molecule has 0 aliphatic heterocycles. The van der Waals surface area contributed by atoms with Crippen molar-refractivity contribution in [2.75, 3.05) is 7.05 Å². The maximum absolute atomic E-state index is 5.24. The van der Waals surface area contributed by atoms with Gasteiger partial charge in [0.05, 0.1) is 25.0 Å². The van der Waals surface area contributed by atoms with Crippen LogP contribution in [0.2, 0.25) is 0 Å². The Kier molecular flexibility index (Phi) is 6.40. The minimum Gasteiger partial charge on any atom is -0.467 e. The number of hydrogen-bond donors (Lipinski definition) is 2. The van der Waals surface area contributed by atoms with Gasteiger partial charge in [-0.05, 0) is 18.2 Å². The molecule has 2 aromatic heterocycles. The molecule has 104 valence electrons. The maximum Gasteiger partial charge on any atom is 0.191 e. The van der Waals surface area contributed by atoms with Gasteiger partial charge in [0.2, 0.25) is 0 Å². The summed E-state index contributed by atoms with van der Waals surface area (Å²) in [5, 5.41) is 10.5. The third-order valence-corrected chi connectivity index (χ3v) is 2.59. The van der Waals surface area contributed by atoms with Crippen LogP contribution in [0.3, 0.4) is 0 Å². The Hall–Kier alpha value is -1.51. The summed E-state index contributed by atoms with van der Waals surface area (Å²) in [6.07, 6.45) is 3.43. The summed E-state index contributed by atoms with van der Waals surface area (Å²) in [6, 6.07) is 5.75. The van der Waals surface area contributed by atoms with E-state index in [1.807, 2.05) is 29.9 Å². The fourth-order valence-corrected chi connectivity index (χ4v) is 1.55. The highest BCUT2D eigenvalue weighted by molar-refractivity contribution is 14.0. The molecule has 0 radical (unpaired) electrons. The van der Waals surface area contributed by atoms with Crippen molar-refractivity contribution in [2.45, 2.75) is 13.1 Å². The molecule has 0 saturated carbocycles. The standard InChI is InChI=1S/C12H17N5O.HI/c1-13-12(15-9-11-4-3-7-18-11)14-8-10-5-6-16-17(10)2;/h3-7H,8-9H2,1-2H3,(H2,13,14,15);1H. The van der Waals surface area contributed by atoms with Crippen molar-refractivity contribution < 1.29 is 4.42 Å². The highest BCUT2D eigenvalue weighted by atomic mass is 127. The van der Waals surface area contributed by atoms with E-state index in [0.717, 1.165) is 17.4 Å². The van der Waals surface area contributed by atoms with E-state index >= 15 is 0 Å². The van der Waals surface area contributed by atoms with Crippen molar-refractivity contribution in [3.63, 3.8) is 0 Å². The van der Waals surface area contributed by atoms with Gasteiger partial charge in [-0.3, -0.25) is 9.67 Å². The second kappa shape index (κ2) is 7.82. The molecule has 0 bridgehead atoms. The fourth-order valence-electron chi connectivity index (χ4n) is 1.55. The van der Waals surface area contributed by atoms with Gasteiger partial charge in [-0.1, -0.05) is 0 Å². The molecule has 0 aliphatic carbocycles. The molecular weight excluding hydrogens is 357 g/mol. The van der Waals surface area contributed by atoms with Crippen molar-refractivity contribution in [2.24, 2.45) is 12.0 Å². The molecule has 0 fully saturated rings. The normalized spacial score (nSPS) is 10.9. The summed E-state index contributed by atoms with van der Waals surface area (Å²) in [4.78, 5) is 4.14. The lowest BCUT2D eigenvalue weighted by molar-refractivity contribution is 0.501. The molecule has 2 heterocycles.